The largest absolute Gasteiger partial charge is 0.313 e. The zero-order valence-electron chi connectivity index (χ0n) is 10.9. The fourth-order valence-corrected chi connectivity index (χ4v) is 2.03. The molecule has 2 heterocycles. The number of pyridine rings is 1. The minimum absolute atomic E-state index is 0.363. The van der Waals surface area contributed by atoms with Crippen LogP contribution in [0, 0.1) is 0 Å². The molecule has 0 amide bonds. The van der Waals surface area contributed by atoms with Crippen LogP contribution in [0.3, 0.4) is 0 Å². The number of hydrogen-bond donors (Lipinski definition) is 1. The van der Waals surface area contributed by atoms with Gasteiger partial charge in [0, 0.05) is 31.9 Å². The lowest BCUT2D eigenvalue weighted by Gasteiger charge is -2.17. The van der Waals surface area contributed by atoms with E-state index in [9.17, 15) is 0 Å². The van der Waals surface area contributed by atoms with E-state index in [1.165, 1.54) is 5.56 Å². The SMILES string of the molecule is CCNC(Cc1cccnc1)Cc1ncnn1C. The van der Waals surface area contributed by atoms with Gasteiger partial charge in [-0.15, -0.1) is 0 Å². The van der Waals surface area contributed by atoms with E-state index in [-0.39, 0.29) is 0 Å². The normalized spacial score (nSPS) is 12.6. The maximum absolute atomic E-state index is 4.28. The third-order valence-electron chi connectivity index (χ3n) is 2.93. The van der Waals surface area contributed by atoms with E-state index in [0.717, 1.165) is 25.2 Å². The Morgan fingerprint density at radius 1 is 1.39 bits per heavy atom. The molecule has 0 aliphatic heterocycles. The maximum Gasteiger partial charge on any atom is 0.138 e. The van der Waals surface area contributed by atoms with Crippen molar-refractivity contribution < 1.29 is 0 Å². The number of likely N-dealkylation sites (N-methyl/N-ethyl adjacent to an activating group) is 1. The molecule has 0 saturated heterocycles. The fraction of sp³-hybridized carbons (Fsp3) is 0.462. The summed E-state index contributed by atoms with van der Waals surface area (Å²) in [7, 11) is 1.93. The van der Waals surface area contributed by atoms with Gasteiger partial charge in [0.2, 0.25) is 0 Å². The van der Waals surface area contributed by atoms with Crippen molar-refractivity contribution in [1.82, 2.24) is 25.1 Å². The van der Waals surface area contributed by atoms with Crippen molar-refractivity contribution in [2.24, 2.45) is 7.05 Å². The van der Waals surface area contributed by atoms with Gasteiger partial charge in [0.05, 0.1) is 0 Å². The van der Waals surface area contributed by atoms with Gasteiger partial charge in [-0.3, -0.25) is 9.67 Å². The molecule has 96 valence electrons. The second kappa shape index (κ2) is 6.26. The molecule has 0 radical (unpaired) electrons. The molecule has 1 unspecified atom stereocenters. The first-order valence-electron chi connectivity index (χ1n) is 6.24. The van der Waals surface area contributed by atoms with Crippen LogP contribution in [0.2, 0.25) is 0 Å². The summed E-state index contributed by atoms with van der Waals surface area (Å²) in [5.74, 6) is 1.00. The molecule has 0 spiro atoms. The van der Waals surface area contributed by atoms with Gasteiger partial charge in [0.1, 0.15) is 12.2 Å². The summed E-state index contributed by atoms with van der Waals surface area (Å²) in [5, 5.41) is 7.59. The van der Waals surface area contributed by atoms with Crippen molar-refractivity contribution in [3.63, 3.8) is 0 Å². The fourth-order valence-electron chi connectivity index (χ4n) is 2.03. The summed E-state index contributed by atoms with van der Waals surface area (Å²) in [6.07, 6.45) is 7.14. The van der Waals surface area contributed by atoms with E-state index in [2.05, 4.69) is 33.4 Å². The number of hydrogen-bond acceptors (Lipinski definition) is 4. The zero-order chi connectivity index (χ0) is 12.8. The van der Waals surface area contributed by atoms with Crippen LogP contribution in [-0.2, 0) is 19.9 Å². The first-order valence-corrected chi connectivity index (χ1v) is 6.24. The Balaban J connectivity index is 2.02. The molecule has 0 aromatic carbocycles. The minimum Gasteiger partial charge on any atom is -0.313 e. The van der Waals surface area contributed by atoms with E-state index < -0.39 is 0 Å². The topological polar surface area (TPSA) is 55.6 Å². The van der Waals surface area contributed by atoms with E-state index in [1.807, 2.05) is 24.0 Å². The number of aryl methyl sites for hydroxylation is 1. The number of rotatable bonds is 6. The van der Waals surface area contributed by atoms with Crippen LogP contribution in [0.1, 0.15) is 18.3 Å². The molecule has 0 aliphatic carbocycles. The van der Waals surface area contributed by atoms with Gasteiger partial charge in [-0.1, -0.05) is 13.0 Å². The van der Waals surface area contributed by atoms with Crippen molar-refractivity contribution >= 4 is 0 Å². The highest BCUT2D eigenvalue weighted by Gasteiger charge is 2.12. The van der Waals surface area contributed by atoms with Gasteiger partial charge in [-0.25, -0.2) is 4.98 Å². The summed E-state index contributed by atoms with van der Waals surface area (Å²) >= 11 is 0. The van der Waals surface area contributed by atoms with Gasteiger partial charge in [0.15, 0.2) is 0 Å². The van der Waals surface area contributed by atoms with E-state index in [0.29, 0.717) is 6.04 Å². The van der Waals surface area contributed by atoms with Gasteiger partial charge >= 0.3 is 0 Å². The summed E-state index contributed by atoms with van der Waals surface area (Å²) in [5.41, 5.74) is 1.24. The van der Waals surface area contributed by atoms with E-state index >= 15 is 0 Å². The smallest absolute Gasteiger partial charge is 0.138 e. The average molecular weight is 245 g/mol. The second-order valence-electron chi connectivity index (χ2n) is 4.32. The Kier molecular flexibility index (Phi) is 4.41. The molecule has 1 N–H and O–H groups in total. The van der Waals surface area contributed by atoms with Crippen LogP contribution in [0.4, 0.5) is 0 Å². The Labute approximate surface area is 107 Å². The van der Waals surface area contributed by atoms with E-state index in [1.54, 1.807) is 12.5 Å². The molecular weight excluding hydrogens is 226 g/mol. The number of nitrogens with one attached hydrogen (secondary N) is 1. The third kappa shape index (κ3) is 3.37. The van der Waals surface area contributed by atoms with Crippen molar-refractivity contribution in [3.8, 4) is 0 Å². The molecule has 1 atom stereocenters. The van der Waals surface area contributed by atoms with Gasteiger partial charge in [-0.05, 0) is 24.6 Å². The molecule has 2 aromatic heterocycles. The van der Waals surface area contributed by atoms with Crippen LogP contribution in [-0.4, -0.2) is 32.3 Å². The lowest BCUT2D eigenvalue weighted by Crippen LogP contribution is -2.34. The predicted octanol–water partition coefficient (Wildman–Crippen LogP) is 0.973. The molecule has 0 fully saturated rings. The second-order valence-corrected chi connectivity index (χ2v) is 4.32. The van der Waals surface area contributed by atoms with Gasteiger partial charge in [-0.2, -0.15) is 5.10 Å². The highest BCUT2D eigenvalue weighted by atomic mass is 15.3. The Morgan fingerprint density at radius 3 is 2.89 bits per heavy atom. The quantitative estimate of drug-likeness (QED) is 0.824. The summed E-state index contributed by atoms with van der Waals surface area (Å²) < 4.78 is 1.83. The van der Waals surface area contributed by atoms with Crippen molar-refractivity contribution in [3.05, 3.63) is 42.2 Å². The van der Waals surface area contributed by atoms with Gasteiger partial charge in [0.25, 0.3) is 0 Å². The molecular formula is C13H19N5. The third-order valence-corrected chi connectivity index (χ3v) is 2.93. The Morgan fingerprint density at radius 2 is 2.28 bits per heavy atom. The highest BCUT2D eigenvalue weighted by molar-refractivity contribution is 5.11. The molecule has 2 rings (SSSR count). The first-order chi connectivity index (χ1) is 8.79. The minimum atomic E-state index is 0.363. The molecule has 5 nitrogen and oxygen atoms in total. The van der Waals surface area contributed by atoms with Crippen LogP contribution in [0.15, 0.2) is 30.9 Å². The van der Waals surface area contributed by atoms with Crippen molar-refractivity contribution in [2.75, 3.05) is 6.54 Å². The van der Waals surface area contributed by atoms with Gasteiger partial charge < -0.3 is 5.32 Å². The monoisotopic (exact) mass is 245 g/mol. The van der Waals surface area contributed by atoms with Crippen LogP contribution < -0.4 is 5.32 Å². The molecule has 0 saturated carbocycles. The van der Waals surface area contributed by atoms with E-state index in [4.69, 9.17) is 0 Å². The molecule has 0 aliphatic rings. The lowest BCUT2D eigenvalue weighted by molar-refractivity contribution is 0.498. The molecule has 18 heavy (non-hydrogen) atoms. The lowest BCUT2D eigenvalue weighted by atomic mass is 10.0. The standard InChI is InChI=1S/C13H19N5/c1-3-15-12(7-11-5-4-6-14-9-11)8-13-16-10-17-18(13)2/h4-6,9-10,12,15H,3,7-8H2,1-2H3. The molecule has 0 bridgehead atoms. The predicted molar refractivity (Wildman–Crippen MR) is 70.1 cm³/mol. The van der Waals surface area contributed by atoms with Crippen LogP contribution >= 0.6 is 0 Å². The highest BCUT2D eigenvalue weighted by Crippen LogP contribution is 2.06. The molecule has 2 aromatic rings. The summed E-state index contributed by atoms with van der Waals surface area (Å²) in [6.45, 7) is 3.07. The molecule has 5 heteroatoms. The maximum atomic E-state index is 4.28. The van der Waals surface area contributed by atoms with Crippen LogP contribution in [0.5, 0.6) is 0 Å². The summed E-state index contributed by atoms with van der Waals surface area (Å²) in [4.78, 5) is 8.43. The number of aromatic nitrogens is 4. The Hall–Kier alpha value is -1.75. The van der Waals surface area contributed by atoms with Crippen molar-refractivity contribution in [2.45, 2.75) is 25.8 Å². The first kappa shape index (κ1) is 12.7. The number of nitrogens with zero attached hydrogens (tertiary/aromatic N) is 4. The zero-order valence-corrected chi connectivity index (χ0v) is 10.9. The Bertz CT molecular complexity index is 465. The van der Waals surface area contributed by atoms with Crippen LogP contribution in [0.25, 0.3) is 0 Å². The average Bonchev–Trinajstić information content (AvgIpc) is 2.77. The van der Waals surface area contributed by atoms with Crippen molar-refractivity contribution in [1.29, 1.82) is 0 Å². The summed E-state index contributed by atoms with van der Waals surface area (Å²) in [6, 6.07) is 4.44.